The Hall–Kier alpha value is 0.270. The summed E-state index contributed by atoms with van der Waals surface area (Å²) < 4.78 is 0. The molecule has 102 valence electrons. The van der Waals surface area contributed by atoms with Crippen LogP contribution in [-0.2, 0) is 0 Å². The van der Waals surface area contributed by atoms with Crippen LogP contribution in [0.4, 0.5) is 0 Å². The molecule has 0 bridgehead atoms. The number of thioether (sulfide) groups is 1. The third-order valence-electron chi connectivity index (χ3n) is 3.76. The van der Waals surface area contributed by atoms with E-state index in [0.29, 0.717) is 12.1 Å². The molecule has 0 spiro atoms. The molecular weight excluding hydrogens is 228 g/mol. The molecule has 0 saturated carbocycles. The van der Waals surface area contributed by atoms with E-state index in [2.05, 4.69) is 56.6 Å². The van der Waals surface area contributed by atoms with Crippen molar-refractivity contribution >= 4 is 11.8 Å². The van der Waals surface area contributed by atoms with Gasteiger partial charge in [-0.05, 0) is 19.8 Å². The van der Waals surface area contributed by atoms with Crippen LogP contribution in [0.2, 0.25) is 0 Å². The second-order valence-corrected chi connectivity index (χ2v) is 7.36. The molecule has 0 radical (unpaired) electrons. The van der Waals surface area contributed by atoms with Crippen LogP contribution in [0.25, 0.3) is 0 Å². The minimum absolute atomic E-state index is 0.668. The molecule has 3 heteroatoms. The van der Waals surface area contributed by atoms with Crippen LogP contribution in [0.3, 0.4) is 0 Å². The van der Waals surface area contributed by atoms with Gasteiger partial charge in [-0.2, -0.15) is 11.8 Å². The van der Waals surface area contributed by atoms with Crippen molar-refractivity contribution in [3.05, 3.63) is 0 Å². The molecule has 0 aromatic rings. The molecule has 1 fully saturated rings. The summed E-state index contributed by atoms with van der Waals surface area (Å²) in [5, 5.41) is 5.27. The van der Waals surface area contributed by atoms with Gasteiger partial charge in [-0.1, -0.05) is 27.7 Å². The highest BCUT2D eigenvalue weighted by Crippen LogP contribution is 2.25. The second kappa shape index (κ2) is 7.65. The van der Waals surface area contributed by atoms with Crippen molar-refractivity contribution < 1.29 is 0 Å². The van der Waals surface area contributed by atoms with Gasteiger partial charge in [0.1, 0.15) is 0 Å². The lowest BCUT2D eigenvalue weighted by Gasteiger charge is -2.39. The Morgan fingerprint density at radius 2 is 1.71 bits per heavy atom. The quantitative estimate of drug-likeness (QED) is 0.788. The highest BCUT2D eigenvalue weighted by atomic mass is 32.2. The standard InChI is InChI=1S/C14H30N2S/c1-6-14(7-2)15-8-11(3)16-9-12(4)17-13(5)10-16/h11-15H,6-10H2,1-5H3. The fourth-order valence-electron chi connectivity index (χ4n) is 2.62. The Bertz CT molecular complexity index is 196. The molecular formula is C14H30N2S. The Labute approximate surface area is 112 Å². The minimum atomic E-state index is 0.668. The smallest absolute Gasteiger partial charge is 0.0193 e. The Kier molecular flexibility index (Phi) is 6.90. The van der Waals surface area contributed by atoms with Gasteiger partial charge in [0.2, 0.25) is 0 Å². The van der Waals surface area contributed by atoms with Gasteiger partial charge >= 0.3 is 0 Å². The molecule has 1 aliphatic heterocycles. The summed E-state index contributed by atoms with van der Waals surface area (Å²) in [7, 11) is 0. The van der Waals surface area contributed by atoms with Gasteiger partial charge in [0.15, 0.2) is 0 Å². The van der Waals surface area contributed by atoms with Gasteiger partial charge in [-0.15, -0.1) is 0 Å². The van der Waals surface area contributed by atoms with E-state index in [9.17, 15) is 0 Å². The van der Waals surface area contributed by atoms with E-state index in [1.54, 1.807) is 0 Å². The molecule has 3 unspecified atom stereocenters. The van der Waals surface area contributed by atoms with Gasteiger partial charge in [0, 0.05) is 42.2 Å². The largest absolute Gasteiger partial charge is 0.312 e. The second-order valence-electron chi connectivity index (χ2n) is 5.48. The van der Waals surface area contributed by atoms with Crippen molar-refractivity contribution in [3.8, 4) is 0 Å². The summed E-state index contributed by atoms with van der Waals surface area (Å²) >= 11 is 2.13. The molecule has 1 saturated heterocycles. The lowest BCUT2D eigenvalue weighted by atomic mass is 10.1. The van der Waals surface area contributed by atoms with Crippen LogP contribution in [0.15, 0.2) is 0 Å². The van der Waals surface area contributed by atoms with Crippen molar-refractivity contribution in [3.63, 3.8) is 0 Å². The van der Waals surface area contributed by atoms with Crippen LogP contribution in [0, 0.1) is 0 Å². The predicted molar refractivity (Wildman–Crippen MR) is 79.9 cm³/mol. The zero-order valence-corrected chi connectivity index (χ0v) is 13.0. The van der Waals surface area contributed by atoms with Crippen molar-refractivity contribution in [2.24, 2.45) is 0 Å². The lowest BCUT2D eigenvalue weighted by molar-refractivity contribution is 0.197. The summed E-state index contributed by atoms with van der Waals surface area (Å²) in [6, 6.07) is 1.37. The fraction of sp³-hybridized carbons (Fsp3) is 1.00. The fourth-order valence-corrected chi connectivity index (χ4v) is 3.97. The van der Waals surface area contributed by atoms with Crippen LogP contribution in [0.1, 0.15) is 47.5 Å². The SMILES string of the molecule is CCC(CC)NCC(C)N1CC(C)SC(C)C1. The summed E-state index contributed by atoms with van der Waals surface area (Å²) in [5.41, 5.74) is 0. The van der Waals surface area contributed by atoms with Crippen molar-refractivity contribution in [2.75, 3.05) is 19.6 Å². The third kappa shape index (κ3) is 5.19. The minimum Gasteiger partial charge on any atom is -0.312 e. The van der Waals surface area contributed by atoms with Crippen LogP contribution < -0.4 is 5.32 Å². The van der Waals surface area contributed by atoms with Crippen LogP contribution >= 0.6 is 11.8 Å². The zero-order valence-electron chi connectivity index (χ0n) is 12.2. The molecule has 0 aliphatic carbocycles. The van der Waals surface area contributed by atoms with Crippen molar-refractivity contribution in [1.29, 1.82) is 0 Å². The number of rotatable bonds is 6. The molecule has 0 aromatic heterocycles. The number of hydrogen-bond donors (Lipinski definition) is 1. The van der Waals surface area contributed by atoms with E-state index in [0.717, 1.165) is 17.0 Å². The monoisotopic (exact) mass is 258 g/mol. The zero-order chi connectivity index (χ0) is 12.8. The average molecular weight is 258 g/mol. The topological polar surface area (TPSA) is 15.3 Å². The first-order valence-corrected chi connectivity index (χ1v) is 8.13. The van der Waals surface area contributed by atoms with E-state index >= 15 is 0 Å². The molecule has 2 nitrogen and oxygen atoms in total. The maximum absolute atomic E-state index is 3.70. The van der Waals surface area contributed by atoms with Gasteiger partial charge in [-0.25, -0.2) is 0 Å². The average Bonchev–Trinajstić information content (AvgIpc) is 2.28. The molecule has 0 aromatic carbocycles. The number of hydrogen-bond acceptors (Lipinski definition) is 3. The maximum atomic E-state index is 3.70. The van der Waals surface area contributed by atoms with Gasteiger partial charge in [0.05, 0.1) is 0 Å². The molecule has 1 aliphatic rings. The van der Waals surface area contributed by atoms with E-state index < -0.39 is 0 Å². The predicted octanol–water partition coefficient (Wildman–Crippen LogP) is 2.98. The van der Waals surface area contributed by atoms with E-state index in [1.165, 1.54) is 25.9 Å². The normalized spacial score (nSPS) is 28.6. The van der Waals surface area contributed by atoms with Gasteiger partial charge < -0.3 is 5.32 Å². The molecule has 1 rings (SSSR count). The van der Waals surface area contributed by atoms with Crippen molar-refractivity contribution in [2.45, 2.75) is 70.0 Å². The Morgan fingerprint density at radius 3 is 2.18 bits per heavy atom. The molecule has 1 N–H and O–H groups in total. The van der Waals surface area contributed by atoms with Gasteiger partial charge in [0.25, 0.3) is 0 Å². The van der Waals surface area contributed by atoms with Crippen LogP contribution in [-0.4, -0.2) is 47.1 Å². The molecule has 1 heterocycles. The summed E-state index contributed by atoms with van der Waals surface area (Å²) in [4.78, 5) is 2.65. The molecule has 17 heavy (non-hydrogen) atoms. The van der Waals surface area contributed by atoms with Crippen molar-refractivity contribution in [1.82, 2.24) is 10.2 Å². The summed E-state index contributed by atoms with van der Waals surface area (Å²) in [6.45, 7) is 15.3. The first-order valence-electron chi connectivity index (χ1n) is 7.19. The highest BCUT2D eigenvalue weighted by Gasteiger charge is 2.25. The van der Waals surface area contributed by atoms with Gasteiger partial charge in [-0.3, -0.25) is 4.90 Å². The lowest BCUT2D eigenvalue weighted by Crippen LogP contribution is -2.49. The van der Waals surface area contributed by atoms with E-state index in [1.807, 2.05) is 0 Å². The summed E-state index contributed by atoms with van der Waals surface area (Å²) in [6.07, 6.45) is 2.48. The molecule has 0 amide bonds. The maximum Gasteiger partial charge on any atom is 0.0193 e. The highest BCUT2D eigenvalue weighted by molar-refractivity contribution is 8.00. The Morgan fingerprint density at radius 1 is 1.18 bits per heavy atom. The first-order chi connectivity index (χ1) is 8.06. The Balaban J connectivity index is 2.33. The van der Waals surface area contributed by atoms with Crippen LogP contribution in [0.5, 0.6) is 0 Å². The van der Waals surface area contributed by atoms with E-state index in [4.69, 9.17) is 0 Å². The summed E-state index contributed by atoms with van der Waals surface area (Å²) in [5.74, 6) is 0. The molecule has 3 atom stereocenters. The first kappa shape index (κ1) is 15.3. The number of nitrogens with zero attached hydrogens (tertiary/aromatic N) is 1. The number of nitrogens with one attached hydrogen (secondary N) is 1. The van der Waals surface area contributed by atoms with E-state index in [-0.39, 0.29) is 0 Å². The third-order valence-corrected chi connectivity index (χ3v) is 4.99.